The van der Waals surface area contributed by atoms with Crippen LogP contribution in [0.4, 0.5) is 0 Å². The highest BCUT2D eigenvalue weighted by Gasteiger charge is 2.40. The third kappa shape index (κ3) is 5.50. The van der Waals surface area contributed by atoms with Gasteiger partial charge in [-0.15, -0.1) is 0 Å². The number of carbonyl (C=O) groups excluding carboxylic acids is 1. The second-order valence-corrected chi connectivity index (χ2v) is 12.2. The molecule has 0 radical (unpaired) electrons. The van der Waals surface area contributed by atoms with Crippen LogP contribution in [-0.2, 0) is 20.6 Å². The van der Waals surface area contributed by atoms with Crippen molar-refractivity contribution >= 4 is 31.9 Å². The molecule has 2 aromatic carbocycles. The van der Waals surface area contributed by atoms with Gasteiger partial charge in [0.25, 0.3) is 0 Å². The van der Waals surface area contributed by atoms with Crippen LogP contribution in [0, 0.1) is 5.92 Å². The summed E-state index contributed by atoms with van der Waals surface area (Å²) in [5.41, 5.74) is 1.50. The fourth-order valence-corrected chi connectivity index (χ4v) is 6.83. The minimum absolute atomic E-state index is 0.00719. The van der Waals surface area contributed by atoms with E-state index in [-0.39, 0.29) is 29.2 Å². The summed E-state index contributed by atoms with van der Waals surface area (Å²) in [6.45, 7) is 4.99. The molecule has 1 amide bonds. The van der Waals surface area contributed by atoms with Crippen LogP contribution in [0.15, 0.2) is 53.0 Å². The third-order valence-electron chi connectivity index (χ3n) is 7.28. The standard InChI is InChI=1S/C26H33BrN2O4S/c1-3-26(4-2)17-23(22-7-5-6-8-24(22)33-26)28-25(30)20-13-15-29(16-14-20)34(31,32)18-19-9-11-21(27)12-10-19/h5-12,20,23H,3-4,13-18H2,1-2H3,(H,28,30)/t23-/m1/s1. The zero-order chi connectivity index (χ0) is 24.3. The summed E-state index contributed by atoms with van der Waals surface area (Å²) in [5, 5.41) is 3.28. The lowest BCUT2D eigenvalue weighted by Crippen LogP contribution is -2.47. The van der Waals surface area contributed by atoms with Crippen molar-refractivity contribution in [2.75, 3.05) is 13.1 Å². The van der Waals surface area contributed by atoms with E-state index in [0.29, 0.717) is 25.9 Å². The van der Waals surface area contributed by atoms with E-state index < -0.39 is 10.0 Å². The SMILES string of the molecule is CCC1(CC)C[C@@H](NC(=O)C2CCN(S(=O)(=O)Cc3ccc(Br)cc3)CC2)c2ccccc2O1. The molecule has 0 spiro atoms. The molecule has 0 unspecified atom stereocenters. The summed E-state index contributed by atoms with van der Waals surface area (Å²) >= 11 is 3.38. The largest absolute Gasteiger partial charge is 0.487 e. The van der Waals surface area contributed by atoms with E-state index in [4.69, 9.17) is 4.74 Å². The number of hydrogen-bond acceptors (Lipinski definition) is 4. The van der Waals surface area contributed by atoms with E-state index in [1.165, 1.54) is 4.31 Å². The second kappa shape index (κ2) is 10.4. The first-order valence-corrected chi connectivity index (χ1v) is 14.5. The van der Waals surface area contributed by atoms with Gasteiger partial charge in [0.15, 0.2) is 0 Å². The monoisotopic (exact) mass is 548 g/mol. The molecule has 4 rings (SSSR count). The Bertz CT molecular complexity index is 1110. The van der Waals surface area contributed by atoms with Crippen molar-refractivity contribution in [2.45, 2.75) is 63.3 Å². The molecule has 2 aliphatic rings. The van der Waals surface area contributed by atoms with Crippen LogP contribution < -0.4 is 10.1 Å². The number of halogens is 1. The first-order valence-electron chi connectivity index (χ1n) is 12.1. The number of sulfonamides is 1. The number of carbonyl (C=O) groups is 1. The molecule has 1 N–H and O–H groups in total. The molecule has 0 aliphatic carbocycles. The maximum absolute atomic E-state index is 13.2. The van der Waals surface area contributed by atoms with Crippen molar-refractivity contribution in [1.82, 2.24) is 9.62 Å². The molecule has 6 nitrogen and oxygen atoms in total. The first kappa shape index (κ1) is 25.2. The van der Waals surface area contributed by atoms with E-state index in [2.05, 4.69) is 35.1 Å². The molecule has 34 heavy (non-hydrogen) atoms. The Hall–Kier alpha value is -1.90. The average molecular weight is 550 g/mol. The van der Waals surface area contributed by atoms with Crippen LogP contribution >= 0.6 is 15.9 Å². The molecular formula is C26H33BrN2O4S. The second-order valence-electron chi connectivity index (χ2n) is 9.35. The van der Waals surface area contributed by atoms with Crippen LogP contribution in [0.5, 0.6) is 5.75 Å². The first-order chi connectivity index (χ1) is 16.2. The predicted molar refractivity (Wildman–Crippen MR) is 137 cm³/mol. The number of nitrogens with zero attached hydrogens (tertiary/aromatic N) is 1. The number of fused-ring (bicyclic) bond motifs is 1. The lowest BCUT2D eigenvalue weighted by Gasteiger charge is -2.42. The van der Waals surface area contributed by atoms with Gasteiger partial charge in [-0.2, -0.15) is 0 Å². The molecule has 2 heterocycles. The highest BCUT2D eigenvalue weighted by atomic mass is 79.9. The van der Waals surface area contributed by atoms with E-state index in [9.17, 15) is 13.2 Å². The van der Waals surface area contributed by atoms with Gasteiger partial charge in [-0.05, 0) is 49.4 Å². The average Bonchev–Trinajstić information content (AvgIpc) is 2.85. The number of hydrogen-bond donors (Lipinski definition) is 1. The maximum Gasteiger partial charge on any atom is 0.223 e. The summed E-state index contributed by atoms with van der Waals surface area (Å²) in [5.74, 6) is 0.641. The zero-order valence-electron chi connectivity index (χ0n) is 19.8. The van der Waals surface area contributed by atoms with Gasteiger partial charge >= 0.3 is 0 Å². The summed E-state index contributed by atoms with van der Waals surface area (Å²) in [4.78, 5) is 13.2. The normalized spacial score (nSPS) is 20.9. The van der Waals surface area contributed by atoms with E-state index in [0.717, 1.165) is 40.6 Å². The molecule has 184 valence electrons. The smallest absolute Gasteiger partial charge is 0.223 e. The van der Waals surface area contributed by atoms with Gasteiger partial charge in [-0.25, -0.2) is 12.7 Å². The molecule has 2 aliphatic heterocycles. The topological polar surface area (TPSA) is 75.7 Å². The Balaban J connectivity index is 1.38. The number of para-hydroxylation sites is 1. The molecule has 0 bridgehead atoms. The summed E-state index contributed by atoms with van der Waals surface area (Å²) in [6, 6.07) is 15.2. The van der Waals surface area contributed by atoms with E-state index in [1.807, 2.05) is 48.5 Å². The van der Waals surface area contributed by atoms with Crippen LogP contribution in [0.2, 0.25) is 0 Å². The molecular weight excluding hydrogens is 516 g/mol. The molecule has 1 fully saturated rings. The quantitative estimate of drug-likeness (QED) is 0.516. The minimum Gasteiger partial charge on any atom is -0.487 e. The van der Waals surface area contributed by atoms with Gasteiger partial charge in [0.2, 0.25) is 15.9 Å². The Morgan fingerprint density at radius 3 is 2.38 bits per heavy atom. The van der Waals surface area contributed by atoms with Gasteiger partial charge in [-0.3, -0.25) is 4.79 Å². The van der Waals surface area contributed by atoms with Crippen LogP contribution in [0.25, 0.3) is 0 Å². The maximum atomic E-state index is 13.2. The Kier molecular flexibility index (Phi) is 7.69. The van der Waals surface area contributed by atoms with Crippen molar-refractivity contribution in [3.63, 3.8) is 0 Å². The van der Waals surface area contributed by atoms with E-state index in [1.54, 1.807) is 0 Å². The van der Waals surface area contributed by atoms with Crippen LogP contribution in [-0.4, -0.2) is 37.3 Å². The van der Waals surface area contributed by atoms with Crippen molar-refractivity contribution in [3.05, 3.63) is 64.1 Å². The Morgan fingerprint density at radius 2 is 1.74 bits per heavy atom. The summed E-state index contributed by atoms with van der Waals surface area (Å²) < 4.78 is 34.6. The number of amides is 1. The number of nitrogens with one attached hydrogen (secondary N) is 1. The van der Waals surface area contributed by atoms with Gasteiger partial charge in [0, 0.05) is 35.5 Å². The lowest BCUT2D eigenvalue weighted by atomic mass is 9.83. The number of rotatable bonds is 7. The van der Waals surface area contributed by atoms with Crippen molar-refractivity contribution in [1.29, 1.82) is 0 Å². The van der Waals surface area contributed by atoms with E-state index >= 15 is 0 Å². The van der Waals surface area contributed by atoms with Crippen molar-refractivity contribution < 1.29 is 17.9 Å². The van der Waals surface area contributed by atoms with Gasteiger partial charge < -0.3 is 10.1 Å². The fraction of sp³-hybridized carbons (Fsp3) is 0.500. The van der Waals surface area contributed by atoms with Gasteiger partial charge in [0.05, 0.1) is 11.8 Å². The number of benzene rings is 2. The molecule has 1 atom stereocenters. The summed E-state index contributed by atoms with van der Waals surface area (Å²) in [7, 11) is -3.42. The number of piperidine rings is 1. The molecule has 8 heteroatoms. The lowest BCUT2D eigenvalue weighted by molar-refractivity contribution is -0.127. The number of ether oxygens (including phenoxy) is 1. The minimum atomic E-state index is -3.42. The summed E-state index contributed by atoms with van der Waals surface area (Å²) in [6.07, 6.45) is 3.55. The van der Waals surface area contributed by atoms with Crippen LogP contribution in [0.3, 0.4) is 0 Å². The fourth-order valence-electron chi connectivity index (χ4n) is 5.00. The highest BCUT2D eigenvalue weighted by Crippen LogP contribution is 2.42. The molecule has 0 saturated carbocycles. The third-order valence-corrected chi connectivity index (χ3v) is 9.66. The highest BCUT2D eigenvalue weighted by molar-refractivity contribution is 9.10. The van der Waals surface area contributed by atoms with Crippen LogP contribution in [0.1, 0.15) is 63.1 Å². The van der Waals surface area contributed by atoms with Gasteiger partial charge in [0.1, 0.15) is 11.4 Å². The Labute approximate surface area is 211 Å². The molecule has 2 aromatic rings. The zero-order valence-corrected chi connectivity index (χ0v) is 22.2. The van der Waals surface area contributed by atoms with Gasteiger partial charge in [-0.1, -0.05) is 60.1 Å². The Morgan fingerprint density at radius 1 is 1.09 bits per heavy atom. The molecule has 0 aromatic heterocycles. The molecule has 1 saturated heterocycles. The van der Waals surface area contributed by atoms with Crippen molar-refractivity contribution in [3.8, 4) is 5.75 Å². The predicted octanol–water partition coefficient (Wildman–Crippen LogP) is 5.19. The van der Waals surface area contributed by atoms with Crippen molar-refractivity contribution in [2.24, 2.45) is 5.92 Å².